The van der Waals surface area contributed by atoms with Gasteiger partial charge in [0, 0.05) is 28.1 Å². The number of esters is 1. The van der Waals surface area contributed by atoms with Crippen LogP contribution in [-0.4, -0.2) is 23.9 Å². The zero-order valence-electron chi connectivity index (χ0n) is 15.5. The number of carbonyl (C=O) groups is 1. The van der Waals surface area contributed by atoms with E-state index in [9.17, 15) is 9.90 Å². The van der Waals surface area contributed by atoms with Crippen LogP contribution in [0.5, 0.6) is 5.75 Å². The van der Waals surface area contributed by atoms with Crippen molar-refractivity contribution in [1.82, 2.24) is 0 Å². The van der Waals surface area contributed by atoms with Crippen LogP contribution < -0.4 is 5.32 Å². The summed E-state index contributed by atoms with van der Waals surface area (Å²) in [5.74, 6) is -0.696. The Morgan fingerprint density at radius 3 is 2.76 bits per heavy atom. The molecule has 29 heavy (non-hydrogen) atoms. The van der Waals surface area contributed by atoms with Crippen molar-refractivity contribution in [1.29, 1.82) is 0 Å². The van der Waals surface area contributed by atoms with Crippen molar-refractivity contribution < 1.29 is 14.6 Å². The zero-order chi connectivity index (χ0) is 20.4. The molecular weight excluding hydrogens is 408 g/mol. The number of hydrogen-bond acceptors (Lipinski definition) is 6. The minimum Gasteiger partial charge on any atom is -0.505 e. The second-order valence-electron chi connectivity index (χ2n) is 6.25. The number of aliphatic imine (C=N–C) groups is 1. The van der Waals surface area contributed by atoms with E-state index in [1.807, 2.05) is 30.3 Å². The average Bonchev–Trinajstić information content (AvgIpc) is 3.25. The largest absolute Gasteiger partial charge is 0.505 e. The first-order valence-electron chi connectivity index (χ1n) is 8.97. The van der Waals surface area contributed by atoms with Gasteiger partial charge in [-0.1, -0.05) is 29.8 Å². The molecule has 3 aromatic rings. The number of thiophene rings is 1. The van der Waals surface area contributed by atoms with Crippen LogP contribution in [-0.2, 0) is 4.74 Å². The molecule has 0 spiro atoms. The molecule has 0 atom stereocenters. The van der Waals surface area contributed by atoms with E-state index >= 15 is 0 Å². The molecule has 2 heterocycles. The third-order valence-electron chi connectivity index (χ3n) is 4.34. The van der Waals surface area contributed by atoms with Crippen LogP contribution in [0.1, 0.15) is 27.7 Å². The summed E-state index contributed by atoms with van der Waals surface area (Å²) < 4.78 is 5.15. The first kappa shape index (κ1) is 19.2. The Hall–Kier alpha value is -3.09. The van der Waals surface area contributed by atoms with Gasteiger partial charge in [-0.2, -0.15) is 0 Å². The van der Waals surface area contributed by atoms with Gasteiger partial charge in [0.2, 0.25) is 0 Å². The van der Waals surface area contributed by atoms with Crippen LogP contribution in [0.4, 0.5) is 16.4 Å². The van der Waals surface area contributed by atoms with Gasteiger partial charge in [0.05, 0.1) is 17.2 Å². The number of carbonyl (C=O) groups excluding carboxylic acids is 1. The Bertz CT molecular complexity index is 1130. The minimum atomic E-state index is -0.581. The molecule has 0 amide bonds. The summed E-state index contributed by atoms with van der Waals surface area (Å²) >= 11 is 7.21. The first-order chi connectivity index (χ1) is 14.1. The highest BCUT2D eigenvalue weighted by atomic mass is 35.5. The molecule has 0 unspecified atom stereocenters. The number of halogens is 1. The number of aromatic hydroxyl groups is 1. The Balaban J connectivity index is 1.76. The lowest BCUT2D eigenvalue weighted by molar-refractivity contribution is 0.0525. The van der Waals surface area contributed by atoms with Gasteiger partial charge in [0.1, 0.15) is 16.3 Å². The number of benzene rings is 2. The molecule has 0 aliphatic carbocycles. The number of hydrogen-bond donors (Lipinski definition) is 2. The fraction of sp³-hybridized carbons (Fsp3) is 0.0909. The highest BCUT2D eigenvalue weighted by Crippen LogP contribution is 2.43. The van der Waals surface area contributed by atoms with Gasteiger partial charge < -0.3 is 15.2 Å². The molecule has 2 N–H and O–H groups in total. The van der Waals surface area contributed by atoms with Crippen molar-refractivity contribution >= 4 is 63.1 Å². The second kappa shape index (κ2) is 8.11. The number of allylic oxidation sites excluding steroid dienone is 1. The van der Waals surface area contributed by atoms with Crippen molar-refractivity contribution in [3.8, 4) is 5.75 Å². The number of fused-ring (bicyclic) bond motifs is 1. The number of anilines is 2. The normalized spacial score (nSPS) is 13.5. The fourth-order valence-electron chi connectivity index (χ4n) is 2.98. The number of para-hydroxylation sites is 1. The highest BCUT2D eigenvalue weighted by Gasteiger charge is 2.25. The quantitative estimate of drug-likeness (QED) is 0.472. The van der Waals surface area contributed by atoms with Gasteiger partial charge >= 0.3 is 5.97 Å². The van der Waals surface area contributed by atoms with Gasteiger partial charge in [-0.15, -0.1) is 11.3 Å². The third kappa shape index (κ3) is 3.90. The molecule has 5 nitrogen and oxygen atoms in total. The molecule has 0 radical (unpaired) electrons. The van der Waals surface area contributed by atoms with Gasteiger partial charge in [-0.05, 0) is 43.3 Å². The first-order valence-corrected chi connectivity index (χ1v) is 10.2. The maximum atomic E-state index is 12.5. The Morgan fingerprint density at radius 2 is 2.00 bits per heavy atom. The topological polar surface area (TPSA) is 70.9 Å². The van der Waals surface area contributed by atoms with Crippen LogP contribution >= 0.6 is 22.9 Å². The summed E-state index contributed by atoms with van der Waals surface area (Å²) in [6.45, 7) is 1.94. The molecule has 0 fully saturated rings. The van der Waals surface area contributed by atoms with Crippen molar-refractivity contribution in [2.45, 2.75) is 6.92 Å². The molecule has 0 saturated carbocycles. The third-order valence-corrected chi connectivity index (χ3v) is 5.63. The van der Waals surface area contributed by atoms with E-state index in [1.165, 1.54) is 11.3 Å². The molecule has 1 aromatic heterocycles. The van der Waals surface area contributed by atoms with E-state index in [0.29, 0.717) is 14.9 Å². The van der Waals surface area contributed by atoms with E-state index in [4.69, 9.17) is 16.3 Å². The molecule has 146 valence electrons. The monoisotopic (exact) mass is 424 g/mol. The molecule has 7 heteroatoms. The average molecular weight is 425 g/mol. The summed E-state index contributed by atoms with van der Waals surface area (Å²) in [7, 11) is 0. The van der Waals surface area contributed by atoms with Crippen LogP contribution in [0.3, 0.4) is 0 Å². The zero-order valence-corrected chi connectivity index (χ0v) is 17.1. The Labute approximate surface area is 176 Å². The van der Waals surface area contributed by atoms with Gasteiger partial charge in [0.25, 0.3) is 0 Å². The van der Waals surface area contributed by atoms with E-state index in [2.05, 4.69) is 10.3 Å². The molecule has 1 aliphatic rings. The molecule has 0 bridgehead atoms. The lowest BCUT2D eigenvalue weighted by Gasteiger charge is -2.07. The van der Waals surface area contributed by atoms with Gasteiger partial charge in [-0.25, -0.2) is 4.79 Å². The summed E-state index contributed by atoms with van der Waals surface area (Å²) in [5, 5.41) is 15.1. The standard InChI is InChI=1S/C22H17ClN2O3S/c1-2-28-22(27)19-20(26)18(11-13-12-24-17-6-4-3-5-16(13)17)29-21(19)25-15-9-7-14(23)8-10-15/h3-12,25-26H,2H2,1H3. The number of ether oxygens (including phenoxy) is 1. The maximum absolute atomic E-state index is 12.5. The molecule has 4 rings (SSSR count). The Kier molecular flexibility index (Phi) is 5.38. The van der Waals surface area contributed by atoms with Crippen LogP contribution in [0, 0.1) is 0 Å². The van der Waals surface area contributed by atoms with E-state index < -0.39 is 5.97 Å². The summed E-state index contributed by atoms with van der Waals surface area (Å²) in [6, 6.07) is 14.9. The number of nitrogens with one attached hydrogen (secondary N) is 1. The van der Waals surface area contributed by atoms with Crippen LogP contribution in [0.15, 0.2) is 53.5 Å². The summed E-state index contributed by atoms with van der Waals surface area (Å²) in [5.41, 5.74) is 3.57. The van der Waals surface area contributed by atoms with E-state index in [0.717, 1.165) is 22.5 Å². The lowest BCUT2D eigenvalue weighted by Crippen LogP contribution is -2.06. The number of rotatable bonds is 5. The number of nitrogens with zero attached hydrogens (tertiary/aromatic N) is 1. The minimum absolute atomic E-state index is 0.113. The van der Waals surface area contributed by atoms with Gasteiger partial charge in [0.15, 0.2) is 0 Å². The van der Waals surface area contributed by atoms with Crippen molar-refractivity contribution in [3.63, 3.8) is 0 Å². The van der Waals surface area contributed by atoms with Crippen molar-refractivity contribution in [2.75, 3.05) is 11.9 Å². The van der Waals surface area contributed by atoms with Crippen molar-refractivity contribution in [3.05, 3.63) is 69.6 Å². The molecule has 1 aliphatic heterocycles. The van der Waals surface area contributed by atoms with E-state index in [-0.39, 0.29) is 17.9 Å². The SMILES string of the molecule is CCOC(=O)c1c(Nc2ccc(Cl)cc2)sc(C=C2C=Nc3ccccc32)c1O. The second-order valence-corrected chi connectivity index (χ2v) is 7.74. The summed E-state index contributed by atoms with van der Waals surface area (Å²) in [4.78, 5) is 17.4. The maximum Gasteiger partial charge on any atom is 0.344 e. The van der Waals surface area contributed by atoms with Crippen LogP contribution in [0.2, 0.25) is 5.02 Å². The summed E-state index contributed by atoms with van der Waals surface area (Å²) in [6.07, 6.45) is 3.57. The lowest BCUT2D eigenvalue weighted by atomic mass is 10.1. The van der Waals surface area contributed by atoms with Crippen LogP contribution in [0.25, 0.3) is 11.6 Å². The molecule has 2 aromatic carbocycles. The molecule has 0 saturated heterocycles. The van der Waals surface area contributed by atoms with Gasteiger partial charge in [-0.3, -0.25) is 4.99 Å². The Morgan fingerprint density at radius 1 is 1.24 bits per heavy atom. The fourth-order valence-corrected chi connectivity index (χ4v) is 4.16. The predicted molar refractivity (Wildman–Crippen MR) is 119 cm³/mol. The highest BCUT2D eigenvalue weighted by molar-refractivity contribution is 7.18. The van der Waals surface area contributed by atoms with E-state index in [1.54, 1.807) is 37.4 Å². The molecular formula is C22H17ClN2O3S. The predicted octanol–water partition coefficient (Wildman–Crippen LogP) is 6.28. The van der Waals surface area contributed by atoms with Crippen molar-refractivity contribution in [2.24, 2.45) is 4.99 Å². The smallest absolute Gasteiger partial charge is 0.344 e.